The van der Waals surface area contributed by atoms with Gasteiger partial charge in [0.05, 0.1) is 13.3 Å². The minimum absolute atomic E-state index is 0.114. The summed E-state index contributed by atoms with van der Waals surface area (Å²) in [5, 5.41) is 3.90. The number of nitrogens with zero attached hydrogens (tertiary/aromatic N) is 2. The lowest BCUT2D eigenvalue weighted by molar-refractivity contribution is 0.0140. The van der Waals surface area contributed by atoms with Crippen molar-refractivity contribution < 1.29 is 9.53 Å². The topological polar surface area (TPSA) is 44.8 Å². The van der Waals surface area contributed by atoms with Crippen LogP contribution in [0.5, 0.6) is 0 Å². The number of rotatable bonds is 5. The van der Waals surface area contributed by atoms with E-state index in [4.69, 9.17) is 27.9 Å². The number of nitrogens with one attached hydrogen (secondary N) is 1. The van der Waals surface area contributed by atoms with E-state index in [1.165, 1.54) is 25.7 Å². The van der Waals surface area contributed by atoms with Crippen molar-refractivity contribution in [3.63, 3.8) is 0 Å². The van der Waals surface area contributed by atoms with Crippen molar-refractivity contribution in [2.45, 2.75) is 32.1 Å². The number of hydrogen-bond donors (Lipinski definition) is 1. The van der Waals surface area contributed by atoms with Gasteiger partial charge < -0.3 is 15.0 Å². The Morgan fingerprint density at radius 1 is 1.04 bits per heavy atom. The third kappa shape index (κ3) is 6.02. The average Bonchev–Trinajstić information content (AvgIpc) is 2.98. The second kappa shape index (κ2) is 9.79. The number of urea groups is 1. The highest BCUT2D eigenvalue weighted by molar-refractivity contribution is 6.35. The third-order valence-electron chi connectivity index (χ3n) is 5.09. The minimum atomic E-state index is -0.114. The van der Waals surface area contributed by atoms with Gasteiger partial charge in [-0.1, -0.05) is 36.0 Å². The number of amides is 2. The molecule has 0 radical (unpaired) electrons. The van der Waals surface area contributed by atoms with Crippen LogP contribution in [0, 0.1) is 5.92 Å². The summed E-state index contributed by atoms with van der Waals surface area (Å²) in [7, 11) is 0. The van der Waals surface area contributed by atoms with Crippen molar-refractivity contribution in [3.8, 4) is 0 Å². The molecule has 1 saturated carbocycles. The number of ether oxygens (including phenoxy) is 1. The lowest BCUT2D eigenvalue weighted by Gasteiger charge is -2.23. The fourth-order valence-electron chi connectivity index (χ4n) is 3.66. The molecular formula is C19H27Cl2N3O2. The number of carbonyl (C=O) groups is 1. The summed E-state index contributed by atoms with van der Waals surface area (Å²) in [4.78, 5) is 16.6. The third-order valence-corrected chi connectivity index (χ3v) is 5.53. The number of benzene rings is 1. The standard InChI is InChI=1S/C19H27Cl2N3O2/c20-16-10-17(21)12-18(11-16)22-19(25)24-7-3-6-23(8-9-24)14-26-13-15-4-1-2-5-15/h10-12,15H,1-9,13-14H2,(H,22,25). The Labute approximate surface area is 165 Å². The zero-order valence-corrected chi connectivity index (χ0v) is 16.6. The van der Waals surface area contributed by atoms with Crippen molar-refractivity contribution >= 4 is 34.9 Å². The van der Waals surface area contributed by atoms with E-state index in [0.29, 0.717) is 29.0 Å². The molecule has 2 amide bonds. The van der Waals surface area contributed by atoms with Gasteiger partial charge in [0.1, 0.15) is 0 Å². The molecule has 1 aromatic carbocycles. The first kappa shape index (κ1) is 19.7. The summed E-state index contributed by atoms with van der Waals surface area (Å²) in [6.45, 7) is 4.74. The quantitative estimate of drug-likeness (QED) is 0.780. The van der Waals surface area contributed by atoms with Gasteiger partial charge in [0.25, 0.3) is 0 Å². The van der Waals surface area contributed by atoms with Crippen LogP contribution >= 0.6 is 23.2 Å². The number of carbonyl (C=O) groups excluding carboxylic acids is 1. The van der Waals surface area contributed by atoms with Crippen molar-refractivity contribution in [1.29, 1.82) is 0 Å². The molecule has 144 valence electrons. The number of anilines is 1. The van der Waals surface area contributed by atoms with Gasteiger partial charge in [-0.3, -0.25) is 4.90 Å². The predicted octanol–water partition coefficient (Wildman–Crippen LogP) is 4.70. The molecule has 0 spiro atoms. The molecule has 26 heavy (non-hydrogen) atoms. The Kier molecular flexibility index (Phi) is 7.43. The molecule has 1 aromatic rings. The normalized spacial score (nSPS) is 19.5. The SMILES string of the molecule is O=C(Nc1cc(Cl)cc(Cl)c1)N1CCCN(COCC2CCCC2)CC1. The molecule has 0 unspecified atom stereocenters. The van der Waals surface area contributed by atoms with Crippen molar-refractivity contribution in [2.24, 2.45) is 5.92 Å². The largest absolute Gasteiger partial charge is 0.366 e. The van der Waals surface area contributed by atoms with Gasteiger partial charge in [-0.25, -0.2) is 4.79 Å². The van der Waals surface area contributed by atoms with Gasteiger partial charge in [-0.15, -0.1) is 0 Å². The Balaban J connectivity index is 1.42. The lowest BCUT2D eigenvalue weighted by atomic mass is 10.1. The molecule has 0 aromatic heterocycles. The van der Waals surface area contributed by atoms with E-state index < -0.39 is 0 Å². The van der Waals surface area contributed by atoms with Crippen LogP contribution in [-0.4, -0.2) is 55.3 Å². The van der Waals surface area contributed by atoms with E-state index in [2.05, 4.69) is 10.2 Å². The molecule has 1 aliphatic carbocycles. The van der Waals surface area contributed by atoms with Crippen molar-refractivity contribution in [3.05, 3.63) is 28.2 Å². The first-order valence-electron chi connectivity index (χ1n) is 9.42. The second-order valence-corrected chi connectivity index (χ2v) is 8.07. The summed E-state index contributed by atoms with van der Waals surface area (Å²) in [6, 6.07) is 4.93. The number of halogens is 2. The van der Waals surface area contributed by atoms with E-state index in [1.807, 2.05) is 4.90 Å². The lowest BCUT2D eigenvalue weighted by Crippen LogP contribution is -2.38. The van der Waals surface area contributed by atoms with Crippen LogP contribution < -0.4 is 5.32 Å². The van der Waals surface area contributed by atoms with Crippen LogP contribution in [0.4, 0.5) is 10.5 Å². The van der Waals surface area contributed by atoms with Gasteiger partial charge >= 0.3 is 6.03 Å². The van der Waals surface area contributed by atoms with Crippen LogP contribution in [0.25, 0.3) is 0 Å². The molecule has 5 nitrogen and oxygen atoms in total. The van der Waals surface area contributed by atoms with Crippen LogP contribution in [0.3, 0.4) is 0 Å². The van der Waals surface area contributed by atoms with E-state index in [0.717, 1.165) is 38.6 Å². The molecule has 1 saturated heterocycles. The van der Waals surface area contributed by atoms with E-state index in [1.54, 1.807) is 18.2 Å². The van der Waals surface area contributed by atoms with Gasteiger partial charge in [-0.05, 0) is 43.4 Å². The Morgan fingerprint density at radius 3 is 2.50 bits per heavy atom. The molecule has 1 N–H and O–H groups in total. The Bertz CT molecular complexity index is 588. The molecule has 7 heteroatoms. The number of hydrogen-bond acceptors (Lipinski definition) is 3. The van der Waals surface area contributed by atoms with E-state index in [9.17, 15) is 4.79 Å². The molecule has 0 bridgehead atoms. The van der Waals surface area contributed by atoms with Crippen LogP contribution in [-0.2, 0) is 4.74 Å². The first-order chi connectivity index (χ1) is 12.6. The smallest absolute Gasteiger partial charge is 0.321 e. The summed E-state index contributed by atoms with van der Waals surface area (Å²) < 4.78 is 5.91. The van der Waals surface area contributed by atoms with E-state index in [-0.39, 0.29) is 6.03 Å². The summed E-state index contributed by atoms with van der Waals surface area (Å²) in [5.41, 5.74) is 0.619. The molecule has 2 fully saturated rings. The van der Waals surface area contributed by atoms with Crippen LogP contribution in [0.2, 0.25) is 10.0 Å². The van der Waals surface area contributed by atoms with Crippen LogP contribution in [0.1, 0.15) is 32.1 Å². The van der Waals surface area contributed by atoms with Crippen molar-refractivity contribution in [1.82, 2.24) is 9.80 Å². The predicted molar refractivity (Wildman–Crippen MR) is 106 cm³/mol. The molecule has 2 aliphatic rings. The Hall–Kier alpha value is -1.01. The first-order valence-corrected chi connectivity index (χ1v) is 10.2. The molecular weight excluding hydrogens is 373 g/mol. The molecule has 1 heterocycles. The van der Waals surface area contributed by atoms with Gasteiger partial charge in [-0.2, -0.15) is 0 Å². The highest BCUT2D eigenvalue weighted by Gasteiger charge is 2.20. The maximum atomic E-state index is 12.5. The monoisotopic (exact) mass is 399 g/mol. The van der Waals surface area contributed by atoms with E-state index >= 15 is 0 Å². The van der Waals surface area contributed by atoms with Crippen molar-refractivity contribution in [2.75, 3.05) is 44.8 Å². The molecule has 3 rings (SSSR count). The summed E-state index contributed by atoms with van der Waals surface area (Å²) >= 11 is 12.0. The zero-order valence-electron chi connectivity index (χ0n) is 15.1. The zero-order chi connectivity index (χ0) is 18.4. The fraction of sp³-hybridized carbons (Fsp3) is 0.632. The average molecular weight is 400 g/mol. The highest BCUT2D eigenvalue weighted by atomic mass is 35.5. The fourth-order valence-corrected chi connectivity index (χ4v) is 4.18. The maximum Gasteiger partial charge on any atom is 0.321 e. The highest BCUT2D eigenvalue weighted by Crippen LogP contribution is 2.25. The van der Waals surface area contributed by atoms with Gasteiger partial charge in [0, 0.05) is 41.9 Å². The molecule has 0 atom stereocenters. The van der Waals surface area contributed by atoms with Crippen LogP contribution in [0.15, 0.2) is 18.2 Å². The Morgan fingerprint density at radius 2 is 1.77 bits per heavy atom. The summed E-state index contributed by atoms with van der Waals surface area (Å²) in [6.07, 6.45) is 6.25. The van der Waals surface area contributed by atoms with Gasteiger partial charge in [0.2, 0.25) is 0 Å². The maximum absolute atomic E-state index is 12.5. The second-order valence-electron chi connectivity index (χ2n) is 7.20. The molecule has 1 aliphatic heterocycles. The summed E-state index contributed by atoms with van der Waals surface area (Å²) in [5.74, 6) is 0.744. The minimum Gasteiger partial charge on any atom is -0.366 e. The van der Waals surface area contributed by atoms with Gasteiger partial charge in [0.15, 0.2) is 0 Å².